The van der Waals surface area contributed by atoms with Crippen LogP contribution in [0.3, 0.4) is 0 Å². The minimum Gasteiger partial charge on any atom is -0.494 e. The van der Waals surface area contributed by atoms with E-state index in [9.17, 15) is 4.79 Å². The number of unbranched alkanes of at least 4 members (excludes halogenated alkanes) is 3. The lowest BCUT2D eigenvalue weighted by atomic mass is 9.90. The van der Waals surface area contributed by atoms with Crippen molar-refractivity contribution in [2.75, 3.05) is 11.9 Å². The summed E-state index contributed by atoms with van der Waals surface area (Å²) >= 11 is 0. The van der Waals surface area contributed by atoms with Gasteiger partial charge in [-0.25, -0.2) is 0 Å². The number of hydrogen-bond donors (Lipinski definition) is 1. The fourth-order valence-electron chi connectivity index (χ4n) is 3.35. The van der Waals surface area contributed by atoms with E-state index in [2.05, 4.69) is 12.2 Å². The van der Waals surface area contributed by atoms with Crippen molar-refractivity contribution < 1.29 is 9.53 Å². The number of anilines is 1. The number of amides is 1. The van der Waals surface area contributed by atoms with Gasteiger partial charge in [-0.05, 0) is 41.8 Å². The molecule has 0 fully saturated rings. The molecule has 0 aliphatic carbocycles. The van der Waals surface area contributed by atoms with E-state index in [1.165, 1.54) is 19.3 Å². The highest BCUT2D eigenvalue weighted by Gasteiger charge is 2.22. The Morgan fingerprint density at radius 2 is 1.38 bits per heavy atom. The molecular formula is C26H29NO2. The van der Waals surface area contributed by atoms with Crippen LogP contribution < -0.4 is 10.1 Å². The highest BCUT2D eigenvalue weighted by Crippen LogP contribution is 2.26. The lowest BCUT2D eigenvalue weighted by Gasteiger charge is -2.18. The van der Waals surface area contributed by atoms with Crippen molar-refractivity contribution in [3.63, 3.8) is 0 Å². The first-order valence-corrected chi connectivity index (χ1v) is 10.4. The Hall–Kier alpha value is -3.07. The maximum atomic E-state index is 13.1. The summed E-state index contributed by atoms with van der Waals surface area (Å²) < 4.78 is 5.79. The molecule has 29 heavy (non-hydrogen) atoms. The summed E-state index contributed by atoms with van der Waals surface area (Å²) in [6, 6.07) is 27.4. The van der Waals surface area contributed by atoms with Crippen molar-refractivity contribution >= 4 is 11.6 Å². The van der Waals surface area contributed by atoms with Crippen molar-refractivity contribution in [1.82, 2.24) is 0 Å². The molecule has 3 nitrogen and oxygen atoms in total. The molecule has 0 aliphatic heterocycles. The van der Waals surface area contributed by atoms with Crippen LogP contribution in [0.5, 0.6) is 5.75 Å². The third-order valence-corrected chi connectivity index (χ3v) is 4.92. The van der Waals surface area contributed by atoms with Gasteiger partial charge in [-0.1, -0.05) is 86.8 Å². The normalized spacial score (nSPS) is 10.7. The summed E-state index contributed by atoms with van der Waals surface area (Å²) in [5.74, 6) is 0.435. The smallest absolute Gasteiger partial charge is 0.236 e. The molecule has 0 bridgehead atoms. The second kappa shape index (κ2) is 11.1. The molecule has 0 unspecified atom stereocenters. The Labute approximate surface area is 173 Å². The number of hydrogen-bond acceptors (Lipinski definition) is 2. The number of carbonyl (C=O) groups excluding carboxylic acids is 1. The van der Waals surface area contributed by atoms with Crippen molar-refractivity contribution in [1.29, 1.82) is 0 Å². The summed E-state index contributed by atoms with van der Waals surface area (Å²) in [4.78, 5) is 13.1. The molecular weight excluding hydrogens is 358 g/mol. The second-order valence-electron chi connectivity index (χ2n) is 7.18. The van der Waals surface area contributed by atoms with E-state index < -0.39 is 0 Å². The fraction of sp³-hybridized carbons (Fsp3) is 0.269. The first-order valence-electron chi connectivity index (χ1n) is 10.4. The topological polar surface area (TPSA) is 38.3 Å². The van der Waals surface area contributed by atoms with Crippen molar-refractivity contribution in [3.8, 4) is 5.75 Å². The molecule has 3 aromatic carbocycles. The molecule has 0 aromatic heterocycles. The van der Waals surface area contributed by atoms with Crippen molar-refractivity contribution in [2.45, 2.75) is 38.5 Å². The van der Waals surface area contributed by atoms with Gasteiger partial charge >= 0.3 is 0 Å². The third-order valence-electron chi connectivity index (χ3n) is 4.92. The molecule has 1 amide bonds. The summed E-state index contributed by atoms with van der Waals surface area (Å²) in [5.41, 5.74) is 2.72. The molecule has 3 aromatic rings. The number of ether oxygens (including phenoxy) is 1. The molecule has 0 saturated heterocycles. The molecule has 1 N–H and O–H groups in total. The maximum Gasteiger partial charge on any atom is 0.236 e. The number of carbonyl (C=O) groups is 1. The van der Waals surface area contributed by atoms with Gasteiger partial charge < -0.3 is 10.1 Å². The lowest BCUT2D eigenvalue weighted by Crippen LogP contribution is -2.22. The van der Waals surface area contributed by atoms with Crippen LogP contribution in [0.2, 0.25) is 0 Å². The Morgan fingerprint density at radius 1 is 0.793 bits per heavy atom. The van der Waals surface area contributed by atoms with E-state index in [4.69, 9.17) is 4.74 Å². The van der Waals surface area contributed by atoms with Gasteiger partial charge in [0, 0.05) is 5.69 Å². The Bertz CT molecular complexity index is 821. The summed E-state index contributed by atoms with van der Waals surface area (Å²) in [6.07, 6.45) is 4.74. The van der Waals surface area contributed by atoms with Gasteiger partial charge in [-0.15, -0.1) is 0 Å². The molecule has 0 heterocycles. The van der Waals surface area contributed by atoms with Gasteiger partial charge in [0.2, 0.25) is 5.91 Å². The quantitative estimate of drug-likeness (QED) is 0.408. The zero-order valence-electron chi connectivity index (χ0n) is 17.0. The average molecular weight is 388 g/mol. The highest BCUT2D eigenvalue weighted by atomic mass is 16.5. The number of nitrogens with one attached hydrogen (secondary N) is 1. The van der Waals surface area contributed by atoms with Gasteiger partial charge in [-0.2, -0.15) is 0 Å². The van der Waals surface area contributed by atoms with Crippen LogP contribution in [-0.2, 0) is 4.79 Å². The summed E-state index contributed by atoms with van der Waals surface area (Å²) in [6.45, 7) is 2.93. The van der Waals surface area contributed by atoms with Crippen LogP contribution in [0, 0.1) is 0 Å². The maximum absolute atomic E-state index is 13.1. The zero-order chi connectivity index (χ0) is 20.3. The SMILES string of the molecule is CCCCCCOc1ccc(NC(=O)C(c2ccccc2)c2ccccc2)cc1. The Kier molecular flexibility index (Phi) is 7.88. The molecule has 0 atom stereocenters. The fourth-order valence-corrected chi connectivity index (χ4v) is 3.35. The van der Waals surface area contributed by atoms with Crippen molar-refractivity contribution in [2.24, 2.45) is 0 Å². The van der Waals surface area contributed by atoms with Gasteiger partial charge in [0.1, 0.15) is 5.75 Å². The van der Waals surface area contributed by atoms with Crippen LogP contribution >= 0.6 is 0 Å². The van der Waals surface area contributed by atoms with E-state index in [0.29, 0.717) is 0 Å². The van der Waals surface area contributed by atoms with Gasteiger partial charge in [0.15, 0.2) is 0 Å². The van der Waals surface area contributed by atoms with Crippen LogP contribution in [0.15, 0.2) is 84.9 Å². The Balaban J connectivity index is 1.65. The van der Waals surface area contributed by atoms with Gasteiger partial charge in [0.05, 0.1) is 12.5 Å². The Morgan fingerprint density at radius 3 is 1.93 bits per heavy atom. The van der Waals surface area contributed by atoms with E-state index in [1.807, 2.05) is 84.9 Å². The molecule has 3 heteroatoms. The largest absolute Gasteiger partial charge is 0.494 e. The molecule has 0 spiro atoms. The summed E-state index contributed by atoms with van der Waals surface area (Å²) in [5, 5.41) is 3.06. The number of benzene rings is 3. The minimum atomic E-state index is -0.355. The minimum absolute atomic E-state index is 0.0457. The predicted octanol–water partition coefficient (Wildman–Crippen LogP) is 6.42. The van der Waals surface area contributed by atoms with E-state index >= 15 is 0 Å². The first-order chi connectivity index (χ1) is 14.3. The van der Waals surface area contributed by atoms with Crippen molar-refractivity contribution in [3.05, 3.63) is 96.1 Å². The molecule has 0 aliphatic rings. The molecule has 0 radical (unpaired) electrons. The summed E-state index contributed by atoms with van der Waals surface area (Å²) in [7, 11) is 0. The number of rotatable bonds is 10. The second-order valence-corrected chi connectivity index (χ2v) is 7.18. The molecule has 3 rings (SSSR count). The zero-order valence-corrected chi connectivity index (χ0v) is 17.0. The third kappa shape index (κ3) is 6.21. The average Bonchev–Trinajstić information content (AvgIpc) is 2.76. The molecule has 150 valence electrons. The molecule has 0 saturated carbocycles. The van der Waals surface area contributed by atoms with E-state index in [1.54, 1.807) is 0 Å². The van der Waals surface area contributed by atoms with Crippen LogP contribution in [0.4, 0.5) is 5.69 Å². The van der Waals surface area contributed by atoms with Crippen LogP contribution in [0.25, 0.3) is 0 Å². The first kappa shape index (κ1) is 20.7. The lowest BCUT2D eigenvalue weighted by molar-refractivity contribution is -0.116. The highest BCUT2D eigenvalue weighted by molar-refractivity contribution is 5.98. The van der Waals surface area contributed by atoms with E-state index in [-0.39, 0.29) is 11.8 Å². The monoisotopic (exact) mass is 387 g/mol. The van der Waals surface area contributed by atoms with Crippen LogP contribution in [-0.4, -0.2) is 12.5 Å². The standard InChI is InChI=1S/C26H29NO2/c1-2-3-4-11-20-29-24-18-16-23(17-19-24)27-26(28)25(21-12-7-5-8-13-21)22-14-9-6-10-15-22/h5-10,12-19,25H,2-4,11,20H2,1H3,(H,27,28). The van der Waals surface area contributed by atoms with Crippen LogP contribution in [0.1, 0.15) is 49.7 Å². The van der Waals surface area contributed by atoms with Gasteiger partial charge in [0.25, 0.3) is 0 Å². The van der Waals surface area contributed by atoms with E-state index in [0.717, 1.165) is 35.6 Å². The van der Waals surface area contributed by atoms with Gasteiger partial charge in [-0.3, -0.25) is 4.79 Å². The predicted molar refractivity (Wildman–Crippen MR) is 119 cm³/mol.